The number of hydrogen-bond acceptors (Lipinski definition) is 6. The van der Waals surface area contributed by atoms with Crippen LogP contribution >= 0.6 is 11.3 Å². The molecular formula is C19H18FN5OS. The summed E-state index contributed by atoms with van der Waals surface area (Å²) in [5.74, 6) is -0.791. The molecule has 2 aromatic heterocycles. The molecule has 0 aliphatic heterocycles. The maximum absolute atomic E-state index is 14.4. The van der Waals surface area contributed by atoms with Gasteiger partial charge < -0.3 is 10.6 Å². The van der Waals surface area contributed by atoms with E-state index in [-0.39, 0.29) is 5.82 Å². The molecule has 4 rings (SSSR count). The average molecular weight is 383 g/mol. The van der Waals surface area contributed by atoms with Crippen LogP contribution in [-0.2, 0) is 5.54 Å². The second-order valence-electron chi connectivity index (χ2n) is 6.61. The van der Waals surface area contributed by atoms with Crippen LogP contribution < -0.4 is 10.6 Å². The summed E-state index contributed by atoms with van der Waals surface area (Å²) < 4.78 is 14.4. The normalized spacial score (nSPS) is 15.2. The lowest BCUT2D eigenvalue weighted by atomic mass is 9.73. The van der Waals surface area contributed by atoms with E-state index in [1.54, 1.807) is 30.5 Å². The molecule has 0 saturated heterocycles. The molecule has 1 amide bonds. The first-order valence-electron chi connectivity index (χ1n) is 8.60. The molecule has 2 heterocycles. The molecule has 1 aromatic carbocycles. The molecule has 0 radical (unpaired) electrons. The minimum Gasteiger partial charge on any atom is -0.366 e. The molecule has 0 unspecified atom stereocenters. The van der Waals surface area contributed by atoms with Crippen molar-refractivity contribution in [3.8, 4) is 10.6 Å². The standard InChI is InChI=1S/C19H18FN5OS/c1-25(19(8-4-9-19)15-14(20)7-3-10-22-15)18-24-23-17(27-18)13-6-2-5-12(11-13)16(21)26/h2-3,5-7,10-11H,4,8-9H2,1H3,(H2,21,26). The minimum absolute atomic E-state index is 0.303. The van der Waals surface area contributed by atoms with E-state index in [9.17, 15) is 9.18 Å². The Morgan fingerprint density at radius 1 is 1.26 bits per heavy atom. The quantitative estimate of drug-likeness (QED) is 0.730. The molecule has 0 bridgehead atoms. The predicted octanol–water partition coefficient (Wildman–Crippen LogP) is 3.35. The molecule has 27 heavy (non-hydrogen) atoms. The summed E-state index contributed by atoms with van der Waals surface area (Å²) in [5, 5.41) is 9.91. The number of carbonyl (C=O) groups is 1. The van der Waals surface area contributed by atoms with Crippen LogP contribution in [0.5, 0.6) is 0 Å². The third kappa shape index (κ3) is 2.95. The molecule has 0 atom stereocenters. The number of halogens is 1. The highest BCUT2D eigenvalue weighted by Gasteiger charge is 2.46. The lowest BCUT2D eigenvalue weighted by Crippen LogP contribution is -2.50. The van der Waals surface area contributed by atoms with Gasteiger partial charge >= 0.3 is 0 Å². The molecule has 1 fully saturated rings. The third-order valence-corrected chi connectivity index (χ3v) is 6.17. The number of hydrogen-bond donors (Lipinski definition) is 1. The van der Waals surface area contributed by atoms with E-state index in [0.717, 1.165) is 24.8 Å². The fraction of sp³-hybridized carbons (Fsp3) is 0.263. The van der Waals surface area contributed by atoms with Crippen molar-refractivity contribution in [1.29, 1.82) is 0 Å². The molecule has 0 spiro atoms. The minimum atomic E-state index is -0.503. The van der Waals surface area contributed by atoms with Gasteiger partial charge in [-0.3, -0.25) is 9.78 Å². The van der Waals surface area contributed by atoms with Crippen LogP contribution in [0.3, 0.4) is 0 Å². The number of amides is 1. The van der Waals surface area contributed by atoms with Gasteiger partial charge in [-0.05, 0) is 43.5 Å². The Hall–Kier alpha value is -2.87. The van der Waals surface area contributed by atoms with Gasteiger partial charge in [-0.1, -0.05) is 23.5 Å². The average Bonchev–Trinajstić information content (AvgIpc) is 3.12. The second kappa shape index (κ2) is 6.70. The van der Waals surface area contributed by atoms with Crippen molar-refractivity contribution < 1.29 is 9.18 Å². The maximum Gasteiger partial charge on any atom is 0.248 e. The third-order valence-electron chi connectivity index (χ3n) is 5.12. The van der Waals surface area contributed by atoms with Crippen molar-refractivity contribution in [2.45, 2.75) is 24.8 Å². The van der Waals surface area contributed by atoms with Crippen molar-refractivity contribution >= 4 is 22.4 Å². The molecule has 8 heteroatoms. The topological polar surface area (TPSA) is 85.0 Å². The van der Waals surface area contributed by atoms with Gasteiger partial charge in [0, 0.05) is 24.4 Å². The van der Waals surface area contributed by atoms with Crippen LogP contribution in [-0.4, -0.2) is 28.1 Å². The second-order valence-corrected chi connectivity index (χ2v) is 7.57. The predicted molar refractivity (Wildman–Crippen MR) is 102 cm³/mol. The Morgan fingerprint density at radius 2 is 2.07 bits per heavy atom. The van der Waals surface area contributed by atoms with Crippen molar-refractivity contribution in [3.05, 3.63) is 59.7 Å². The first-order valence-corrected chi connectivity index (χ1v) is 9.41. The highest BCUT2D eigenvalue weighted by molar-refractivity contribution is 7.18. The van der Waals surface area contributed by atoms with E-state index in [2.05, 4.69) is 15.2 Å². The first kappa shape index (κ1) is 17.5. The zero-order valence-electron chi connectivity index (χ0n) is 14.7. The summed E-state index contributed by atoms with van der Waals surface area (Å²) in [6.45, 7) is 0. The van der Waals surface area contributed by atoms with Gasteiger partial charge in [0.25, 0.3) is 0 Å². The largest absolute Gasteiger partial charge is 0.366 e. The molecule has 6 nitrogen and oxygen atoms in total. The Morgan fingerprint density at radius 3 is 2.74 bits per heavy atom. The number of benzene rings is 1. The van der Waals surface area contributed by atoms with Crippen molar-refractivity contribution in [2.75, 3.05) is 11.9 Å². The molecular weight excluding hydrogens is 365 g/mol. The van der Waals surface area contributed by atoms with Gasteiger partial charge in [0.1, 0.15) is 16.5 Å². The molecule has 1 aliphatic rings. The fourth-order valence-electron chi connectivity index (χ4n) is 3.43. The van der Waals surface area contributed by atoms with E-state index in [1.807, 2.05) is 18.0 Å². The Kier molecular flexibility index (Phi) is 4.35. The van der Waals surface area contributed by atoms with E-state index in [4.69, 9.17) is 5.73 Å². The number of aromatic nitrogens is 3. The summed E-state index contributed by atoms with van der Waals surface area (Å²) in [7, 11) is 1.90. The molecule has 138 valence electrons. The number of nitrogens with zero attached hydrogens (tertiary/aromatic N) is 4. The Bertz CT molecular complexity index is 1000. The summed E-state index contributed by atoms with van der Waals surface area (Å²) in [4.78, 5) is 17.7. The summed E-state index contributed by atoms with van der Waals surface area (Å²) in [6, 6.07) is 10.0. The smallest absolute Gasteiger partial charge is 0.248 e. The number of carbonyl (C=O) groups excluding carboxylic acids is 1. The number of primary amides is 1. The molecule has 1 aliphatic carbocycles. The van der Waals surface area contributed by atoms with Gasteiger partial charge in [-0.2, -0.15) is 0 Å². The summed E-state index contributed by atoms with van der Waals surface area (Å²) >= 11 is 1.39. The van der Waals surface area contributed by atoms with Crippen LogP contribution in [0, 0.1) is 5.82 Å². The van der Waals surface area contributed by atoms with Gasteiger partial charge in [-0.15, -0.1) is 10.2 Å². The maximum atomic E-state index is 14.4. The number of pyridine rings is 1. The highest BCUT2D eigenvalue weighted by atomic mass is 32.1. The molecule has 2 N–H and O–H groups in total. The first-order chi connectivity index (χ1) is 13.0. The van der Waals surface area contributed by atoms with E-state index >= 15 is 0 Å². The van der Waals surface area contributed by atoms with Crippen LogP contribution in [0.1, 0.15) is 35.3 Å². The van der Waals surface area contributed by atoms with Gasteiger partial charge in [-0.25, -0.2) is 4.39 Å². The van der Waals surface area contributed by atoms with Gasteiger partial charge in [0.15, 0.2) is 0 Å². The van der Waals surface area contributed by atoms with Gasteiger partial charge in [0.2, 0.25) is 11.0 Å². The lowest BCUT2D eigenvalue weighted by Gasteiger charge is -2.47. The number of rotatable bonds is 5. The number of anilines is 1. The van der Waals surface area contributed by atoms with Crippen molar-refractivity contribution in [2.24, 2.45) is 5.73 Å². The van der Waals surface area contributed by atoms with Crippen molar-refractivity contribution in [3.63, 3.8) is 0 Å². The van der Waals surface area contributed by atoms with Crippen molar-refractivity contribution in [1.82, 2.24) is 15.2 Å². The Balaban J connectivity index is 1.68. The van der Waals surface area contributed by atoms with Crippen LogP contribution in [0.15, 0.2) is 42.6 Å². The van der Waals surface area contributed by atoms with E-state index in [0.29, 0.717) is 21.4 Å². The monoisotopic (exact) mass is 383 g/mol. The van der Waals surface area contributed by atoms with Crippen LogP contribution in [0.2, 0.25) is 0 Å². The summed E-state index contributed by atoms with van der Waals surface area (Å²) in [5.41, 5.74) is 6.49. The van der Waals surface area contributed by atoms with Gasteiger partial charge in [0.05, 0.1) is 5.54 Å². The van der Waals surface area contributed by atoms with Crippen LogP contribution in [0.4, 0.5) is 9.52 Å². The zero-order valence-corrected chi connectivity index (χ0v) is 15.5. The zero-order chi connectivity index (χ0) is 19.0. The SMILES string of the molecule is CN(c1nnc(-c2cccc(C(N)=O)c2)s1)C1(c2ncccc2F)CCC1. The van der Waals surface area contributed by atoms with E-state index in [1.165, 1.54) is 17.4 Å². The lowest BCUT2D eigenvalue weighted by molar-refractivity contribution is 0.100. The summed E-state index contributed by atoms with van der Waals surface area (Å²) in [6.07, 6.45) is 4.24. The highest BCUT2D eigenvalue weighted by Crippen LogP contribution is 2.48. The molecule has 1 saturated carbocycles. The van der Waals surface area contributed by atoms with E-state index < -0.39 is 11.4 Å². The number of nitrogens with two attached hydrogens (primary N) is 1. The Labute approximate surface area is 159 Å². The fourth-order valence-corrected chi connectivity index (χ4v) is 4.32. The van der Waals surface area contributed by atoms with Crippen LogP contribution in [0.25, 0.3) is 10.6 Å². The molecule has 3 aromatic rings.